The summed E-state index contributed by atoms with van der Waals surface area (Å²) in [6.07, 6.45) is 2.63. The molecule has 19 heavy (non-hydrogen) atoms. The highest BCUT2D eigenvalue weighted by Gasteiger charge is 2.16. The maximum atomic E-state index is 5.17. The van der Waals surface area contributed by atoms with Gasteiger partial charge in [0.25, 0.3) is 0 Å². The third-order valence-corrected chi connectivity index (χ3v) is 3.73. The predicted octanol–water partition coefficient (Wildman–Crippen LogP) is 2.94. The van der Waals surface area contributed by atoms with Gasteiger partial charge in [0.1, 0.15) is 6.33 Å². The predicted molar refractivity (Wildman–Crippen MR) is 77.8 cm³/mol. The molecule has 5 heteroatoms. The zero-order valence-corrected chi connectivity index (χ0v) is 12.3. The maximum absolute atomic E-state index is 5.17. The van der Waals surface area contributed by atoms with Gasteiger partial charge in [0.05, 0.1) is 18.8 Å². The first kappa shape index (κ1) is 14.0. The molecule has 0 saturated carbocycles. The van der Waals surface area contributed by atoms with Crippen molar-refractivity contribution in [2.45, 2.75) is 26.3 Å². The largest absolute Gasteiger partial charge is 0.481 e. The summed E-state index contributed by atoms with van der Waals surface area (Å²) in [5.74, 6) is 0.597. The monoisotopic (exact) mass is 277 g/mol. The standard InChI is InChI=1S/C14H19N3OS/c1-4-5-15-14(11-6-10(2)19-8-11)12-7-13(18-3)17-9-16-12/h6-9,14-15H,4-5H2,1-3H3. The summed E-state index contributed by atoms with van der Waals surface area (Å²) in [6.45, 7) is 5.22. The smallest absolute Gasteiger partial charge is 0.216 e. The van der Waals surface area contributed by atoms with Crippen molar-refractivity contribution in [3.05, 3.63) is 40.0 Å². The van der Waals surface area contributed by atoms with Gasteiger partial charge >= 0.3 is 0 Å². The molecule has 0 bridgehead atoms. The van der Waals surface area contributed by atoms with Crippen LogP contribution >= 0.6 is 11.3 Å². The van der Waals surface area contributed by atoms with Crippen LogP contribution in [0.25, 0.3) is 0 Å². The van der Waals surface area contributed by atoms with Crippen LogP contribution in [-0.2, 0) is 0 Å². The Morgan fingerprint density at radius 3 is 2.84 bits per heavy atom. The molecule has 1 atom stereocenters. The van der Waals surface area contributed by atoms with E-state index in [1.807, 2.05) is 6.07 Å². The summed E-state index contributed by atoms with van der Waals surface area (Å²) < 4.78 is 5.17. The lowest BCUT2D eigenvalue weighted by molar-refractivity contribution is 0.395. The van der Waals surface area contributed by atoms with Crippen LogP contribution in [0.3, 0.4) is 0 Å². The van der Waals surface area contributed by atoms with Crippen molar-refractivity contribution in [3.63, 3.8) is 0 Å². The molecule has 2 aromatic rings. The summed E-state index contributed by atoms with van der Waals surface area (Å²) >= 11 is 1.76. The van der Waals surface area contributed by atoms with Crippen LogP contribution in [-0.4, -0.2) is 23.6 Å². The highest BCUT2D eigenvalue weighted by Crippen LogP contribution is 2.26. The second-order valence-electron chi connectivity index (χ2n) is 4.36. The fraction of sp³-hybridized carbons (Fsp3) is 0.429. The van der Waals surface area contributed by atoms with Crippen LogP contribution < -0.4 is 10.1 Å². The van der Waals surface area contributed by atoms with Gasteiger partial charge in [0.15, 0.2) is 0 Å². The van der Waals surface area contributed by atoms with E-state index in [1.165, 1.54) is 10.4 Å². The minimum absolute atomic E-state index is 0.0989. The molecule has 102 valence electrons. The number of rotatable bonds is 6. The number of thiophene rings is 1. The lowest BCUT2D eigenvalue weighted by Crippen LogP contribution is -2.23. The second kappa shape index (κ2) is 6.63. The van der Waals surface area contributed by atoms with Gasteiger partial charge in [-0.05, 0) is 36.9 Å². The first-order chi connectivity index (χ1) is 9.24. The molecule has 2 heterocycles. The van der Waals surface area contributed by atoms with Gasteiger partial charge in [0.2, 0.25) is 5.88 Å². The molecule has 0 aliphatic carbocycles. The van der Waals surface area contributed by atoms with Gasteiger partial charge in [-0.3, -0.25) is 0 Å². The van der Waals surface area contributed by atoms with Gasteiger partial charge in [-0.1, -0.05) is 6.92 Å². The molecule has 1 N–H and O–H groups in total. The van der Waals surface area contributed by atoms with Crippen LogP contribution in [0.2, 0.25) is 0 Å². The van der Waals surface area contributed by atoms with E-state index < -0.39 is 0 Å². The van der Waals surface area contributed by atoms with Gasteiger partial charge in [-0.2, -0.15) is 0 Å². The third-order valence-electron chi connectivity index (χ3n) is 2.85. The summed E-state index contributed by atoms with van der Waals surface area (Å²) in [5, 5.41) is 5.71. The molecule has 0 aliphatic heterocycles. The summed E-state index contributed by atoms with van der Waals surface area (Å²) in [4.78, 5) is 9.74. The van der Waals surface area contributed by atoms with Gasteiger partial charge in [-0.15, -0.1) is 11.3 Å². The van der Waals surface area contributed by atoms with E-state index in [4.69, 9.17) is 4.74 Å². The molecular weight excluding hydrogens is 258 g/mol. The SMILES string of the molecule is CCCNC(c1csc(C)c1)c1cc(OC)ncn1. The zero-order chi connectivity index (χ0) is 13.7. The van der Waals surface area contributed by atoms with E-state index in [-0.39, 0.29) is 6.04 Å². The van der Waals surface area contributed by atoms with Crippen molar-refractivity contribution in [1.29, 1.82) is 0 Å². The minimum Gasteiger partial charge on any atom is -0.481 e. The van der Waals surface area contributed by atoms with Crippen LogP contribution in [0.15, 0.2) is 23.8 Å². The Labute approximate surface area is 117 Å². The molecule has 2 rings (SSSR count). The number of aryl methyl sites for hydroxylation is 1. The molecule has 0 aliphatic rings. The fourth-order valence-corrected chi connectivity index (χ4v) is 2.65. The number of methoxy groups -OCH3 is 1. The molecule has 2 aromatic heterocycles. The van der Waals surface area contributed by atoms with Crippen molar-refractivity contribution in [1.82, 2.24) is 15.3 Å². The van der Waals surface area contributed by atoms with Crippen LogP contribution in [0, 0.1) is 6.92 Å². The average Bonchev–Trinajstić information content (AvgIpc) is 2.86. The third kappa shape index (κ3) is 3.52. The lowest BCUT2D eigenvalue weighted by Gasteiger charge is -2.17. The Morgan fingerprint density at radius 1 is 1.37 bits per heavy atom. The zero-order valence-electron chi connectivity index (χ0n) is 11.5. The van der Waals surface area contributed by atoms with Crippen molar-refractivity contribution in [2.24, 2.45) is 0 Å². The maximum Gasteiger partial charge on any atom is 0.216 e. The summed E-state index contributed by atoms with van der Waals surface area (Å²) in [7, 11) is 1.62. The average molecular weight is 277 g/mol. The molecule has 4 nitrogen and oxygen atoms in total. The highest BCUT2D eigenvalue weighted by atomic mass is 32.1. The summed E-state index contributed by atoms with van der Waals surface area (Å²) in [5.41, 5.74) is 2.19. The van der Waals surface area contributed by atoms with E-state index in [9.17, 15) is 0 Å². The normalized spacial score (nSPS) is 12.4. The highest BCUT2D eigenvalue weighted by molar-refractivity contribution is 7.10. The van der Waals surface area contributed by atoms with Gasteiger partial charge in [-0.25, -0.2) is 9.97 Å². The Hall–Kier alpha value is -1.46. The van der Waals surface area contributed by atoms with Crippen molar-refractivity contribution in [2.75, 3.05) is 13.7 Å². The lowest BCUT2D eigenvalue weighted by atomic mass is 10.1. The summed E-state index contributed by atoms with van der Waals surface area (Å²) in [6, 6.07) is 4.19. The Morgan fingerprint density at radius 2 is 2.21 bits per heavy atom. The molecule has 0 fully saturated rings. The van der Waals surface area contributed by atoms with Crippen molar-refractivity contribution < 1.29 is 4.74 Å². The first-order valence-corrected chi connectivity index (χ1v) is 7.27. The Kier molecular flexibility index (Phi) is 4.87. The van der Waals surface area contributed by atoms with E-state index >= 15 is 0 Å². The molecule has 0 spiro atoms. The minimum atomic E-state index is 0.0989. The molecular formula is C14H19N3OS. The van der Waals surface area contributed by atoms with Gasteiger partial charge in [0, 0.05) is 10.9 Å². The molecule has 0 radical (unpaired) electrons. The number of hydrogen-bond acceptors (Lipinski definition) is 5. The second-order valence-corrected chi connectivity index (χ2v) is 5.48. The van der Waals surface area contributed by atoms with E-state index in [1.54, 1.807) is 24.8 Å². The topological polar surface area (TPSA) is 47.0 Å². The Balaban J connectivity index is 2.30. The van der Waals surface area contributed by atoms with E-state index in [0.29, 0.717) is 5.88 Å². The van der Waals surface area contributed by atoms with Crippen LogP contribution in [0.4, 0.5) is 0 Å². The first-order valence-electron chi connectivity index (χ1n) is 6.39. The van der Waals surface area contributed by atoms with Gasteiger partial charge < -0.3 is 10.1 Å². The number of nitrogens with one attached hydrogen (secondary N) is 1. The number of aromatic nitrogens is 2. The number of nitrogens with zero attached hydrogens (tertiary/aromatic N) is 2. The molecule has 0 amide bonds. The van der Waals surface area contributed by atoms with Crippen molar-refractivity contribution >= 4 is 11.3 Å². The van der Waals surface area contributed by atoms with Crippen LogP contribution in [0.5, 0.6) is 5.88 Å². The fourth-order valence-electron chi connectivity index (χ4n) is 1.92. The van der Waals surface area contributed by atoms with Crippen LogP contribution in [0.1, 0.15) is 35.5 Å². The molecule has 0 saturated heterocycles. The molecule has 0 aromatic carbocycles. The van der Waals surface area contributed by atoms with E-state index in [2.05, 4.69) is 40.6 Å². The van der Waals surface area contributed by atoms with Crippen molar-refractivity contribution in [3.8, 4) is 5.88 Å². The molecule has 1 unspecified atom stereocenters. The quantitative estimate of drug-likeness (QED) is 0.882. The van der Waals surface area contributed by atoms with E-state index in [0.717, 1.165) is 18.7 Å². The number of ether oxygens (including phenoxy) is 1. The Bertz CT molecular complexity index is 527. The number of hydrogen-bond donors (Lipinski definition) is 1.